The lowest BCUT2D eigenvalue weighted by Gasteiger charge is -2.08. The first-order chi connectivity index (χ1) is 10.7. The van der Waals surface area contributed by atoms with Crippen molar-refractivity contribution in [3.05, 3.63) is 40.4 Å². The number of hydrogen-bond donors (Lipinski definition) is 1. The van der Waals surface area contributed by atoms with Gasteiger partial charge in [0.1, 0.15) is 4.88 Å². The number of ether oxygens (including phenoxy) is 1. The van der Waals surface area contributed by atoms with Crippen LogP contribution in [0.1, 0.15) is 25.7 Å². The molecular formula is C14H14N2O5S2. The minimum atomic E-state index is -3.48. The Morgan fingerprint density at radius 2 is 1.91 bits per heavy atom. The second-order valence-electron chi connectivity index (χ2n) is 4.66. The van der Waals surface area contributed by atoms with Crippen LogP contribution < -0.4 is 5.32 Å². The van der Waals surface area contributed by atoms with Crippen molar-refractivity contribution in [1.29, 1.82) is 0 Å². The Balaban J connectivity index is 2.34. The van der Waals surface area contributed by atoms with Gasteiger partial charge in [0, 0.05) is 6.26 Å². The summed E-state index contributed by atoms with van der Waals surface area (Å²) < 4.78 is 27.6. The minimum Gasteiger partial charge on any atom is -0.465 e. The van der Waals surface area contributed by atoms with E-state index in [0.717, 1.165) is 17.6 Å². The number of carbonyl (C=O) groups excluding carboxylic acids is 2. The number of sulfone groups is 1. The lowest BCUT2D eigenvalue weighted by atomic mass is 10.1. The zero-order chi connectivity index (χ0) is 17.2. The van der Waals surface area contributed by atoms with Gasteiger partial charge in [-0.2, -0.15) is 0 Å². The van der Waals surface area contributed by atoms with E-state index in [1.165, 1.54) is 13.2 Å². The van der Waals surface area contributed by atoms with Gasteiger partial charge in [-0.05, 0) is 19.1 Å². The highest BCUT2D eigenvalue weighted by molar-refractivity contribution is 7.92. The van der Waals surface area contributed by atoms with Crippen molar-refractivity contribution in [2.75, 3.05) is 18.7 Å². The Morgan fingerprint density at radius 1 is 1.26 bits per heavy atom. The predicted molar refractivity (Wildman–Crippen MR) is 85.7 cm³/mol. The first kappa shape index (κ1) is 17.1. The number of nitrogens with zero attached hydrogens (tertiary/aromatic N) is 1. The van der Waals surface area contributed by atoms with Gasteiger partial charge in [-0.1, -0.05) is 23.5 Å². The van der Waals surface area contributed by atoms with Gasteiger partial charge in [0.05, 0.1) is 24.1 Å². The maximum absolute atomic E-state index is 12.4. The highest BCUT2D eigenvalue weighted by Crippen LogP contribution is 2.24. The average Bonchev–Trinajstić information content (AvgIpc) is 2.89. The number of amides is 1. The van der Waals surface area contributed by atoms with Gasteiger partial charge in [-0.25, -0.2) is 18.2 Å². The molecule has 9 heteroatoms. The van der Waals surface area contributed by atoms with Crippen molar-refractivity contribution in [3.63, 3.8) is 0 Å². The van der Waals surface area contributed by atoms with Crippen LogP contribution >= 0.6 is 11.3 Å². The molecule has 2 rings (SSSR count). The summed E-state index contributed by atoms with van der Waals surface area (Å²) in [5.41, 5.74) is 0.787. The Morgan fingerprint density at radius 3 is 2.48 bits per heavy atom. The molecule has 0 saturated carbocycles. The normalized spacial score (nSPS) is 11.1. The van der Waals surface area contributed by atoms with Gasteiger partial charge < -0.3 is 10.1 Å². The Bertz CT molecular complexity index is 871. The molecule has 1 N–H and O–H groups in total. The van der Waals surface area contributed by atoms with E-state index in [1.54, 1.807) is 25.1 Å². The van der Waals surface area contributed by atoms with E-state index in [0.29, 0.717) is 5.69 Å². The summed E-state index contributed by atoms with van der Waals surface area (Å²) in [4.78, 5) is 28.1. The van der Waals surface area contributed by atoms with Crippen LogP contribution in [-0.2, 0) is 14.6 Å². The number of para-hydroxylation sites is 1. The third-order valence-electron chi connectivity index (χ3n) is 2.88. The second-order valence-corrected chi connectivity index (χ2v) is 7.85. The van der Waals surface area contributed by atoms with E-state index in [1.807, 2.05) is 0 Å². The summed E-state index contributed by atoms with van der Waals surface area (Å²) in [5.74, 6) is -1.12. The molecule has 23 heavy (non-hydrogen) atoms. The highest BCUT2D eigenvalue weighted by Gasteiger charge is 2.22. The summed E-state index contributed by atoms with van der Waals surface area (Å²) in [6.07, 6.45) is 1.03. The van der Waals surface area contributed by atoms with Crippen LogP contribution in [-0.4, -0.2) is 38.6 Å². The predicted octanol–water partition coefficient (Wildman–Crippen LogP) is 1.89. The van der Waals surface area contributed by atoms with Gasteiger partial charge in [-0.3, -0.25) is 4.79 Å². The monoisotopic (exact) mass is 354 g/mol. The average molecular weight is 354 g/mol. The summed E-state index contributed by atoms with van der Waals surface area (Å²) in [6, 6.07) is 6.37. The van der Waals surface area contributed by atoms with E-state index in [9.17, 15) is 18.0 Å². The molecule has 1 aromatic carbocycles. The number of benzene rings is 1. The molecule has 0 bridgehead atoms. The SMILES string of the molecule is COC(=O)c1ccccc1NC(=O)c1sc(S(C)(=O)=O)nc1C. The van der Waals surface area contributed by atoms with E-state index >= 15 is 0 Å². The smallest absolute Gasteiger partial charge is 0.339 e. The number of esters is 1. The number of carbonyl (C=O) groups is 2. The molecule has 122 valence electrons. The molecular weight excluding hydrogens is 340 g/mol. The second kappa shape index (κ2) is 6.47. The van der Waals surface area contributed by atoms with Crippen molar-refractivity contribution in [3.8, 4) is 0 Å². The van der Waals surface area contributed by atoms with Crippen molar-refractivity contribution in [2.45, 2.75) is 11.3 Å². The number of aromatic nitrogens is 1. The van der Waals surface area contributed by atoms with Crippen LogP contribution in [0.3, 0.4) is 0 Å². The summed E-state index contributed by atoms with van der Waals surface area (Å²) in [5, 5.41) is 2.58. The van der Waals surface area contributed by atoms with Crippen molar-refractivity contribution >= 4 is 38.7 Å². The number of aryl methyl sites for hydroxylation is 1. The molecule has 0 radical (unpaired) electrons. The Kier molecular flexibility index (Phi) is 4.81. The fourth-order valence-corrected chi connectivity index (χ4v) is 3.65. The minimum absolute atomic E-state index is 0.124. The van der Waals surface area contributed by atoms with Gasteiger partial charge in [0.2, 0.25) is 14.2 Å². The first-order valence-electron chi connectivity index (χ1n) is 6.40. The first-order valence-corrected chi connectivity index (χ1v) is 9.11. The summed E-state index contributed by atoms with van der Waals surface area (Å²) in [7, 11) is -2.24. The molecule has 0 aliphatic carbocycles. The third kappa shape index (κ3) is 3.74. The van der Waals surface area contributed by atoms with Gasteiger partial charge in [-0.15, -0.1) is 0 Å². The van der Waals surface area contributed by atoms with Gasteiger partial charge in [0.25, 0.3) is 5.91 Å². The van der Waals surface area contributed by atoms with Crippen molar-refractivity contribution in [2.24, 2.45) is 0 Å². The molecule has 1 aromatic heterocycles. The highest BCUT2D eigenvalue weighted by atomic mass is 32.2. The van der Waals surface area contributed by atoms with Crippen molar-refractivity contribution < 1.29 is 22.7 Å². The molecule has 0 aliphatic heterocycles. The van der Waals surface area contributed by atoms with Gasteiger partial charge in [0.15, 0.2) is 0 Å². The molecule has 7 nitrogen and oxygen atoms in total. The molecule has 2 aromatic rings. The Hall–Kier alpha value is -2.26. The number of thiazole rings is 1. The van der Waals surface area contributed by atoms with Crippen molar-refractivity contribution in [1.82, 2.24) is 4.98 Å². The fourth-order valence-electron chi connectivity index (χ4n) is 1.80. The number of nitrogens with one attached hydrogen (secondary N) is 1. The number of rotatable bonds is 4. The summed E-state index contributed by atoms with van der Waals surface area (Å²) >= 11 is 0.787. The zero-order valence-electron chi connectivity index (χ0n) is 12.6. The quantitative estimate of drug-likeness (QED) is 0.841. The maximum atomic E-state index is 12.4. The van der Waals surface area contributed by atoms with Crippen LogP contribution in [0.5, 0.6) is 0 Å². The Labute approximate surface area is 137 Å². The molecule has 0 saturated heterocycles. The lowest BCUT2D eigenvalue weighted by Crippen LogP contribution is -2.15. The fraction of sp³-hybridized carbons (Fsp3) is 0.214. The van der Waals surface area contributed by atoms with E-state index in [4.69, 9.17) is 0 Å². The van der Waals surface area contributed by atoms with Gasteiger partial charge >= 0.3 is 5.97 Å². The zero-order valence-corrected chi connectivity index (χ0v) is 14.2. The maximum Gasteiger partial charge on any atom is 0.339 e. The summed E-state index contributed by atoms with van der Waals surface area (Å²) in [6.45, 7) is 1.55. The van der Waals surface area contributed by atoms with Crippen LogP contribution in [0.2, 0.25) is 0 Å². The molecule has 1 heterocycles. The number of anilines is 1. The number of methoxy groups -OCH3 is 1. The molecule has 0 fully saturated rings. The van der Waals surface area contributed by atoms with Crippen LogP contribution in [0, 0.1) is 6.92 Å². The van der Waals surface area contributed by atoms with E-state index in [2.05, 4.69) is 15.0 Å². The molecule has 0 atom stereocenters. The standard InChI is InChI=1S/C14H14N2O5S2/c1-8-11(22-14(15-8)23(3,19)20)12(17)16-10-7-5-4-6-9(10)13(18)21-2/h4-7H,1-3H3,(H,16,17). The molecule has 1 amide bonds. The third-order valence-corrected chi connectivity index (χ3v) is 5.72. The largest absolute Gasteiger partial charge is 0.465 e. The lowest BCUT2D eigenvalue weighted by molar-refractivity contribution is 0.0602. The molecule has 0 aliphatic rings. The van der Waals surface area contributed by atoms with E-state index < -0.39 is 21.7 Å². The van der Waals surface area contributed by atoms with Crippen LogP contribution in [0.15, 0.2) is 28.6 Å². The van der Waals surface area contributed by atoms with Crippen LogP contribution in [0.4, 0.5) is 5.69 Å². The van der Waals surface area contributed by atoms with E-state index in [-0.39, 0.29) is 20.5 Å². The topological polar surface area (TPSA) is 102 Å². The van der Waals surface area contributed by atoms with Crippen LogP contribution in [0.25, 0.3) is 0 Å². The number of hydrogen-bond acceptors (Lipinski definition) is 7. The molecule has 0 unspecified atom stereocenters. The molecule has 0 spiro atoms.